The molecule has 1 unspecified atom stereocenters. The molecule has 1 atom stereocenters. The van der Waals surface area contributed by atoms with Crippen molar-refractivity contribution in [3.05, 3.63) is 30.0 Å². The number of aryl methyl sites for hydroxylation is 1. The Morgan fingerprint density at radius 2 is 2.19 bits per heavy atom. The van der Waals surface area contributed by atoms with Crippen molar-refractivity contribution in [1.82, 2.24) is 14.8 Å². The number of methoxy groups -OCH3 is 1. The van der Waals surface area contributed by atoms with Crippen molar-refractivity contribution in [2.24, 2.45) is 0 Å². The molecule has 2 amide bonds. The van der Waals surface area contributed by atoms with Gasteiger partial charge >= 0.3 is 6.09 Å². The Labute approximate surface area is 158 Å². The monoisotopic (exact) mass is 372 g/mol. The van der Waals surface area contributed by atoms with Crippen LogP contribution in [-0.2, 0) is 9.53 Å². The zero-order chi connectivity index (χ0) is 19.6. The third kappa shape index (κ3) is 4.46. The van der Waals surface area contributed by atoms with Crippen LogP contribution in [0.4, 0.5) is 10.5 Å². The number of aromatic nitrogens is 1. The van der Waals surface area contributed by atoms with Gasteiger partial charge in [-0.2, -0.15) is 0 Å². The molecule has 1 N–H and O–H groups in total. The molecule has 0 spiro atoms. The van der Waals surface area contributed by atoms with Crippen LogP contribution in [0.25, 0.3) is 10.9 Å². The summed E-state index contributed by atoms with van der Waals surface area (Å²) in [4.78, 5) is 32.4. The van der Waals surface area contributed by atoms with Crippen molar-refractivity contribution in [1.29, 1.82) is 0 Å². The van der Waals surface area contributed by atoms with Crippen LogP contribution in [0.5, 0.6) is 5.75 Å². The summed E-state index contributed by atoms with van der Waals surface area (Å²) in [5, 5.41) is 3.67. The zero-order valence-electron chi connectivity index (χ0n) is 16.0. The number of rotatable bonds is 6. The molecule has 144 valence electrons. The molecule has 8 heteroatoms. The summed E-state index contributed by atoms with van der Waals surface area (Å²) in [6.07, 6.45) is -0.692. The van der Waals surface area contributed by atoms with Gasteiger partial charge in [-0.15, -0.1) is 0 Å². The van der Waals surface area contributed by atoms with Gasteiger partial charge in [-0.3, -0.25) is 14.7 Å². The van der Waals surface area contributed by atoms with Crippen LogP contribution in [-0.4, -0.2) is 73.7 Å². The number of carbonyl (C=O) groups is 2. The van der Waals surface area contributed by atoms with Gasteiger partial charge in [0.15, 0.2) is 0 Å². The molecule has 3 rings (SSSR count). The number of benzene rings is 1. The van der Waals surface area contributed by atoms with Crippen LogP contribution in [0, 0.1) is 6.92 Å². The fraction of sp³-hybridized carbons (Fsp3) is 0.421. The molecule has 2 heterocycles. The van der Waals surface area contributed by atoms with E-state index in [1.54, 1.807) is 13.2 Å². The molecule has 0 radical (unpaired) electrons. The number of likely N-dealkylation sites (N-methyl/N-ethyl adjacent to an activating group) is 1. The van der Waals surface area contributed by atoms with E-state index < -0.39 is 6.09 Å². The predicted octanol–water partition coefficient (Wildman–Crippen LogP) is 1.87. The zero-order valence-corrected chi connectivity index (χ0v) is 16.0. The van der Waals surface area contributed by atoms with E-state index in [9.17, 15) is 9.59 Å². The molecule has 27 heavy (non-hydrogen) atoms. The first-order chi connectivity index (χ1) is 12.9. The number of pyridine rings is 1. The lowest BCUT2D eigenvalue weighted by atomic mass is 10.1. The van der Waals surface area contributed by atoms with Gasteiger partial charge in [-0.05, 0) is 45.3 Å². The number of carbonyl (C=O) groups excluding carboxylic acids is 2. The first kappa shape index (κ1) is 18.9. The predicted molar refractivity (Wildman–Crippen MR) is 102 cm³/mol. The number of cyclic esters (lactones) is 1. The molecule has 0 saturated carbocycles. The maximum absolute atomic E-state index is 12.5. The molecule has 1 aromatic carbocycles. The van der Waals surface area contributed by atoms with Crippen molar-refractivity contribution in [3.8, 4) is 5.75 Å². The number of amides is 2. The van der Waals surface area contributed by atoms with E-state index in [0.29, 0.717) is 24.5 Å². The molecule has 8 nitrogen and oxygen atoms in total. The topological polar surface area (TPSA) is 84.0 Å². The lowest BCUT2D eigenvalue weighted by Gasteiger charge is -2.15. The molecular formula is C19H24N4O4. The quantitative estimate of drug-likeness (QED) is 0.833. The molecular weight excluding hydrogens is 348 g/mol. The van der Waals surface area contributed by atoms with E-state index >= 15 is 0 Å². The second-order valence-electron chi connectivity index (χ2n) is 6.89. The second-order valence-corrected chi connectivity index (χ2v) is 6.89. The fourth-order valence-corrected chi connectivity index (χ4v) is 3.14. The Bertz CT molecular complexity index is 868. The van der Waals surface area contributed by atoms with E-state index in [4.69, 9.17) is 9.47 Å². The minimum atomic E-state index is -0.463. The number of fused-ring (bicyclic) bond motifs is 1. The Morgan fingerprint density at radius 1 is 1.41 bits per heavy atom. The fourth-order valence-electron chi connectivity index (χ4n) is 3.14. The number of nitrogens with zero attached hydrogens (tertiary/aromatic N) is 3. The van der Waals surface area contributed by atoms with Gasteiger partial charge in [-0.25, -0.2) is 4.79 Å². The van der Waals surface area contributed by atoms with Crippen LogP contribution in [0.3, 0.4) is 0 Å². The second kappa shape index (κ2) is 7.79. The Hall–Kier alpha value is -2.87. The maximum atomic E-state index is 12.5. The van der Waals surface area contributed by atoms with E-state index in [1.165, 1.54) is 4.90 Å². The molecule has 0 bridgehead atoms. The van der Waals surface area contributed by atoms with E-state index in [1.807, 2.05) is 44.1 Å². The summed E-state index contributed by atoms with van der Waals surface area (Å²) in [6.45, 7) is 2.82. The number of nitrogens with one attached hydrogen (secondary N) is 1. The molecule has 2 aromatic rings. The van der Waals surface area contributed by atoms with Crippen LogP contribution in [0.2, 0.25) is 0 Å². The van der Waals surface area contributed by atoms with Gasteiger partial charge in [0, 0.05) is 17.6 Å². The molecule has 1 aliphatic heterocycles. The Morgan fingerprint density at radius 3 is 2.89 bits per heavy atom. The highest BCUT2D eigenvalue weighted by Gasteiger charge is 2.32. The molecule has 1 fully saturated rings. The van der Waals surface area contributed by atoms with Crippen LogP contribution in [0.15, 0.2) is 24.3 Å². The molecule has 1 saturated heterocycles. The first-order valence-corrected chi connectivity index (χ1v) is 8.71. The first-order valence-electron chi connectivity index (χ1n) is 8.71. The molecule has 1 aromatic heterocycles. The summed E-state index contributed by atoms with van der Waals surface area (Å²) in [6, 6.07) is 7.30. The van der Waals surface area contributed by atoms with Gasteiger partial charge in [0.1, 0.15) is 18.4 Å². The van der Waals surface area contributed by atoms with Crippen molar-refractivity contribution in [2.45, 2.75) is 13.0 Å². The Balaban J connectivity index is 1.73. The van der Waals surface area contributed by atoms with Crippen LogP contribution in [0.1, 0.15) is 5.69 Å². The largest absolute Gasteiger partial charge is 0.497 e. The minimum absolute atomic E-state index is 0.0599. The summed E-state index contributed by atoms with van der Waals surface area (Å²) in [5.74, 6) is 0.394. The van der Waals surface area contributed by atoms with Crippen LogP contribution < -0.4 is 10.1 Å². The van der Waals surface area contributed by atoms with E-state index in [0.717, 1.165) is 16.6 Å². The Kier molecular flexibility index (Phi) is 5.46. The van der Waals surface area contributed by atoms with Gasteiger partial charge in [0.25, 0.3) is 0 Å². The lowest BCUT2D eigenvalue weighted by molar-refractivity contribution is -0.116. The summed E-state index contributed by atoms with van der Waals surface area (Å²) in [5.41, 5.74) is 2.19. The molecule has 1 aliphatic rings. The lowest BCUT2D eigenvalue weighted by Crippen LogP contribution is -2.35. The standard InChI is InChI=1S/C19H24N4O4/c1-12-7-17(15-8-13(26-4)5-6-16(15)20-12)21-18(24)11-23-10-14(9-22(2)3)27-19(23)25/h5-8,14H,9-11H2,1-4H3,(H,20,21,24). The van der Waals surface area contributed by atoms with Gasteiger partial charge in [-0.1, -0.05) is 0 Å². The highest BCUT2D eigenvalue weighted by atomic mass is 16.6. The average Bonchev–Trinajstić information content (AvgIpc) is 2.92. The summed E-state index contributed by atoms with van der Waals surface area (Å²) < 4.78 is 10.6. The maximum Gasteiger partial charge on any atom is 0.410 e. The highest BCUT2D eigenvalue weighted by Crippen LogP contribution is 2.27. The third-order valence-corrected chi connectivity index (χ3v) is 4.27. The number of anilines is 1. The normalized spacial score (nSPS) is 16.7. The third-order valence-electron chi connectivity index (χ3n) is 4.27. The van der Waals surface area contributed by atoms with Crippen molar-refractivity contribution >= 4 is 28.6 Å². The highest BCUT2D eigenvalue weighted by molar-refractivity contribution is 6.02. The SMILES string of the molecule is COc1ccc2nc(C)cc(NC(=O)CN3CC(CN(C)C)OC3=O)c2c1. The number of hydrogen-bond donors (Lipinski definition) is 1. The summed E-state index contributed by atoms with van der Waals surface area (Å²) >= 11 is 0. The minimum Gasteiger partial charge on any atom is -0.497 e. The van der Waals surface area contributed by atoms with Crippen molar-refractivity contribution in [3.63, 3.8) is 0 Å². The molecule has 0 aliphatic carbocycles. The van der Waals surface area contributed by atoms with Gasteiger partial charge in [0.05, 0.1) is 24.9 Å². The average molecular weight is 372 g/mol. The number of ether oxygens (including phenoxy) is 2. The smallest absolute Gasteiger partial charge is 0.410 e. The van der Waals surface area contributed by atoms with Gasteiger partial charge in [0.2, 0.25) is 5.91 Å². The summed E-state index contributed by atoms with van der Waals surface area (Å²) in [7, 11) is 5.41. The van der Waals surface area contributed by atoms with Crippen molar-refractivity contribution < 1.29 is 19.1 Å². The van der Waals surface area contributed by atoms with Crippen molar-refractivity contribution in [2.75, 3.05) is 46.2 Å². The van der Waals surface area contributed by atoms with E-state index in [-0.39, 0.29) is 18.6 Å². The van der Waals surface area contributed by atoms with E-state index in [2.05, 4.69) is 10.3 Å². The van der Waals surface area contributed by atoms with Gasteiger partial charge < -0.3 is 19.7 Å². The number of hydrogen-bond acceptors (Lipinski definition) is 6. The van der Waals surface area contributed by atoms with Crippen LogP contribution >= 0.6 is 0 Å².